The second kappa shape index (κ2) is 13.8. The highest BCUT2D eigenvalue weighted by molar-refractivity contribution is 7.90. The van der Waals surface area contributed by atoms with Gasteiger partial charge in [0.05, 0.1) is 44.3 Å². The molecule has 8 aromatic rings. The van der Waals surface area contributed by atoms with E-state index in [9.17, 15) is 16.8 Å². The van der Waals surface area contributed by atoms with Crippen molar-refractivity contribution < 1.29 is 21.6 Å². The van der Waals surface area contributed by atoms with Crippen LogP contribution in [0.2, 0.25) is 10.0 Å². The normalized spacial score (nSPS) is 16.5. The Kier molecular flexibility index (Phi) is 8.75. The van der Waals surface area contributed by atoms with Gasteiger partial charge in [0.15, 0.2) is 5.78 Å². The van der Waals surface area contributed by atoms with E-state index in [0.717, 1.165) is 0 Å². The molecular formula is C45H32Cl2N4O5S2. The van der Waals surface area contributed by atoms with Gasteiger partial charge >= 0.3 is 0 Å². The van der Waals surface area contributed by atoms with Gasteiger partial charge in [-0.2, -0.15) is 0 Å². The lowest BCUT2D eigenvalue weighted by molar-refractivity contribution is -0.123. The molecule has 2 atom stereocenters. The SMILES string of the molecule is O=C(C1NCc2c(Cl)ccc(-c3cc4ccccc4n3S(=O)(=O)c3ccccc3)c21)C1NCc2c(Cl)ccc(-c3cc4ccccc4n3S(=O)(=O)c3ccccc3)c21. The molecule has 4 heterocycles. The average molecular weight is 844 g/mol. The first kappa shape index (κ1) is 36.8. The van der Waals surface area contributed by atoms with Crippen molar-refractivity contribution in [3.05, 3.63) is 178 Å². The van der Waals surface area contributed by atoms with Crippen LogP contribution in [-0.4, -0.2) is 30.6 Å². The van der Waals surface area contributed by atoms with Gasteiger partial charge in [-0.05, 0) is 82.9 Å². The van der Waals surface area contributed by atoms with E-state index in [0.29, 0.717) is 76.6 Å². The predicted molar refractivity (Wildman–Crippen MR) is 227 cm³/mol. The Bertz CT molecular complexity index is 3010. The quantitative estimate of drug-likeness (QED) is 0.157. The summed E-state index contributed by atoms with van der Waals surface area (Å²) in [5, 5.41) is 9.08. The fourth-order valence-electron chi connectivity index (χ4n) is 8.55. The molecule has 0 aliphatic carbocycles. The van der Waals surface area contributed by atoms with Gasteiger partial charge in [-0.15, -0.1) is 0 Å². The number of para-hydroxylation sites is 2. The molecule has 58 heavy (non-hydrogen) atoms. The van der Waals surface area contributed by atoms with Crippen molar-refractivity contribution >= 4 is 70.8 Å². The summed E-state index contributed by atoms with van der Waals surface area (Å²) >= 11 is 13.7. The van der Waals surface area contributed by atoms with Gasteiger partial charge in [0.25, 0.3) is 20.0 Å². The predicted octanol–water partition coefficient (Wildman–Crippen LogP) is 9.27. The van der Waals surface area contributed by atoms with E-state index >= 15 is 4.79 Å². The maximum absolute atomic E-state index is 15.3. The number of aromatic nitrogens is 2. The van der Waals surface area contributed by atoms with E-state index in [-0.39, 0.29) is 28.7 Å². The van der Waals surface area contributed by atoms with E-state index in [1.165, 1.54) is 7.94 Å². The van der Waals surface area contributed by atoms with Crippen molar-refractivity contribution in [3.8, 4) is 22.5 Å². The van der Waals surface area contributed by atoms with Crippen molar-refractivity contribution in [2.24, 2.45) is 0 Å². The Labute approximate surface area is 344 Å². The Morgan fingerprint density at radius 3 is 1.31 bits per heavy atom. The minimum Gasteiger partial charge on any atom is -0.300 e. The number of fused-ring (bicyclic) bond motifs is 4. The molecule has 0 bridgehead atoms. The summed E-state index contributed by atoms with van der Waals surface area (Å²) in [5.41, 5.74) is 5.35. The van der Waals surface area contributed by atoms with Crippen molar-refractivity contribution in [2.45, 2.75) is 35.0 Å². The summed E-state index contributed by atoms with van der Waals surface area (Å²) in [6.07, 6.45) is 0. The molecule has 288 valence electrons. The molecule has 0 saturated carbocycles. The van der Waals surface area contributed by atoms with Crippen LogP contribution in [0.5, 0.6) is 0 Å². The molecule has 0 radical (unpaired) electrons. The van der Waals surface area contributed by atoms with Gasteiger partial charge in [0.1, 0.15) is 0 Å². The van der Waals surface area contributed by atoms with Crippen LogP contribution in [0, 0.1) is 0 Å². The third-order valence-electron chi connectivity index (χ3n) is 11.2. The van der Waals surface area contributed by atoms with Gasteiger partial charge in [0.2, 0.25) is 0 Å². The molecule has 0 amide bonds. The van der Waals surface area contributed by atoms with Crippen LogP contribution < -0.4 is 10.6 Å². The summed E-state index contributed by atoms with van der Waals surface area (Å²) in [4.78, 5) is 15.5. The Balaban J connectivity index is 1.14. The highest BCUT2D eigenvalue weighted by atomic mass is 35.5. The number of hydrogen-bond acceptors (Lipinski definition) is 7. The molecule has 13 heteroatoms. The minimum absolute atomic E-state index is 0.122. The zero-order chi connectivity index (χ0) is 39.9. The smallest absolute Gasteiger partial charge is 0.268 e. The zero-order valence-electron chi connectivity index (χ0n) is 30.4. The average Bonchev–Trinajstić information content (AvgIpc) is 4.05. The maximum atomic E-state index is 15.3. The minimum atomic E-state index is -4.11. The Hall–Kier alpha value is -5.53. The van der Waals surface area contributed by atoms with E-state index in [1.807, 2.05) is 36.4 Å². The number of halogens is 2. The highest BCUT2D eigenvalue weighted by Gasteiger charge is 2.42. The first-order valence-corrected chi connectivity index (χ1v) is 22.2. The van der Waals surface area contributed by atoms with Crippen LogP contribution in [0.15, 0.2) is 155 Å². The highest BCUT2D eigenvalue weighted by Crippen LogP contribution is 2.47. The zero-order valence-corrected chi connectivity index (χ0v) is 33.6. The number of nitrogens with one attached hydrogen (secondary N) is 2. The van der Waals surface area contributed by atoms with Gasteiger partial charge < -0.3 is 0 Å². The largest absolute Gasteiger partial charge is 0.300 e. The first-order chi connectivity index (χ1) is 28.1. The van der Waals surface area contributed by atoms with E-state index in [4.69, 9.17) is 23.2 Å². The first-order valence-electron chi connectivity index (χ1n) is 18.5. The van der Waals surface area contributed by atoms with Crippen LogP contribution in [0.4, 0.5) is 0 Å². The van der Waals surface area contributed by atoms with Crippen LogP contribution in [0.3, 0.4) is 0 Å². The van der Waals surface area contributed by atoms with Crippen molar-refractivity contribution in [3.63, 3.8) is 0 Å². The molecule has 2 N–H and O–H groups in total. The third kappa shape index (κ3) is 5.60. The summed E-state index contributed by atoms with van der Waals surface area (Å²) < 4.78 is 60.6. The van der Waals surface area contributed by atoms with Gasteiger partial charge in [-0.1, -0.05) is 108 Å². The summed E-state index contributed by atoms with van der Waals surface area (Å²) in [5.74, 6) is -0.258. The summed E-state index contributed by atoms with van der Waals surface area (Å²) in [7, 11) is -8.22. The molecular weight excluding hydrogens is 812 g/mol. The second-order valence-corrected chi connectivity index (χ2v) is 18.7. The Morgan fingerprint density at radius 2 is 0.897 bits per heavy atom. The summed E-state index contributed by atoms with van der Waals surface area (Å²) in [6.45, 7) is 0.519. The van der Waals surface area contributed by atoms with Gasteiger partial charge in [-0.25, -0.2) is 24.8 Å². The van der Waals surface area contributed by atoms with Gasteiger partial charge in [-0.3, -0.25) is 15.4 Å². The molecule has 2 aromatic heterocycles. The van der Waals surface area contributed by atoms with Gasteiger partial charge in [0, 0.05) is 45.0 Å². The number of hydrogen-bond donors (Lipinski definition) is 2. The van der Waals surface area contributed by atoms with E-state index in [1.54, 1.807) is 109 Å². The fourth-order valence-corrected chi connectivity index (χ4v) is 12.1. The maximum Gasteiger partial charge on any atom is 0.268 e. The number of carbonyl (C=O) groups excluding carboxylic acids is 1. The van der Waals surface area contributed by atoms with E-state index in [2.05, 4.69) is 10.6 Å². The molecule has 10 rings (SSSR count). The lowest BCUT2D eigenvalue weighted by atomic mass is 9.87. The molecule has 0 fully saturated rings. The third-order valence-corrected chi connectivity index (χ3v) is 15.4. The van der Waals surface area contributed by atoms with Crippen LogP contribution in [-0.2, 0) is 37.9 Å². The Morgan fingerprint density at radius 1 is 0.517 bits per heavy atom. The number of carbonyl (C=O) groups is 1. The molecule has 0 spiro atoms. The van der Waals surface area contributed by atoms with Crippen molar-refractivity contribution in [1.29, 1.82) is 0 Å². The van der Waals surface area contributed by atoms with Crippen LogP contribution >= 0.6 is 23.2 Å². The lowest BCUT2D eigenvalue weighted by Gasteiger charge is -2.23. The number of Topliss-reactive ketones (excluding diaryl/α,β-unsaturated/α-hetero) is 1. The number of rotatable bonds is 8. The van der Waals surface area contributed by atoms with Crippen molar-refractivity contribution in [1.82, 2.24) is 18.6 Å². The number of nitrogens with zero attached hydrogens (tertiary/aromatic N) is 2. The van der Waals surface area contributed by atoms with E-state index < -0.39 is 32.1 Å². The standard InChI is InChI=1S/C45H32Cl2N4O5S2/c46-35-21-19-31(39-23-27-11-7-9-17-37(27)50(39)57(53,54)29-13-3-1-4-14-29)41-33(35)25-48-43(41)45(52)44-42-32(20-22-36(47)34(42)26-49-44)40-24-28-12-8-10-18-38(28)51(40)58(55,56)30-15-5-2-6-16-30/h1-24,43-44,48-49H,25-26H2. The molecule has 2 aliphatic rings. The molecule has 6 aromatic carbocycles. The van der Waals surface area contributed by atoms with Crippen LogP contribution in [0.25, 0.3) is 44.3 Å². The summed E-state index contributed by atoms with van der Waals surface area (Å²) in [6, 6.07) is 39.8. The molecule has 0 saturated heterocycles. The molecule has 2 unspecified atom stereocenters. The number of benzene rings is 6. The molecule has 9 nitrogen and oxygen atoms in total. The number of ketones is 1. The van der Waals surface area contributed by atoms with Crippen LogP contribution in [0.1, 0.15) is 34.3 Å². The molecule has 2 aliphatic heterocycles. The van der Waals surface area contributed by atoms with Crippen molar-refractivity contribution in [2.75, 3.05) is 0 Å². The lowest BCUT2D eigenvalue weighted by Crippen LogP contribution is -2.32. The second-order valence-electron chi connectivity index (χ2n) is 14.3. The monoisotopic (exact) mass is 842 g/mol. The fraction of sp³-hybridized carbons (Fsp3) is 0.0889. The topological polar surface area (TPSA) is 119 Å².